The van der Waals surface area contributed by atoms with Crippen LogP contribution in [0.15, 0.2) is 43.7 Å². The van der Waals surface area contributed by atoms with Crippen molar-refractivity contribution in [3.8, 4) is 0 Å². The summed E-state index contributed by atoms with van der Waals surface area (Å²) < 4.78 is 25.0. The predicted octanol–water partition coefficient (Wildman–Crippen LogP) is 4.45. The lowest BCUT2D eigenvalue weighted by Crippen LogP contribution is -2.33. The fraction of sp³-hybridized carbons (Fsp3) is 0.400. The molecule has 0 radical (unpaired) electrons. The van der Waals surface area contributed by atoms with E-state index in [9.17, 15) is 8.42 Å². The van der Waals surface area contributed by atoms with Crippen LogP contribution in [-0.4, -0.2) is 31.7 Å². The molecular formula is C15H17Cl3N2O2S. The van der Waals surface area contributed by atoms with Crippen LogP contribution in [0.3, 0.4) is 0 Å². The van der Waals surface area contributed by atoms with Crippen molar-refractivity contribution < 1.29 is 8.42 Å². The first-order valence-corrected chi connectivity index (χ1v) is 9.80. The zero-order chi connectivity index (χ0) is 17.0. The second-order valence-corrected chi connectivity index (χ2v) is 8.46. The van der Waals surface area contributed by atoms with Gasteiger partial charge in [0.15, 0.2) is 10.3 Å². The van der Waals surface area contributed by atoms with Crippen LogP contribution in [0.5, 0.6) is 0 Å². The van der Waals surface area contributed by atoms with Gasteiger partial charge in [-0.3, -0.25) is 0 Å². The minimum Gasteiger partial charge on any atom is -0.347 e. The molecule has 0 bridgehead atoms. The molecule has 1 aliphatic rings. The number of hydrogen-bond donors (Lipinski definition) is 0. The second kappa shape index (κ2) is 7.88. The summed E-state index contributed by atoms with van der Waals surface area (Å²) in [6.07, 6.45) is 3.11. The van der Waals surface area contributed by atoms with E-state index in [-0.39, 0.29) is 10.2 Å². The molecule has 0 saturated carbocycles. The quantitative estimate of drug-likeness (QED) is 0.431. The highest BCUT2D eigenvalue weighted by Gasteiger charge is 2.25. The number of benzene rings is 1. The first-order chi connectivity index (χ1) is 10.8. The van der Waals surface area contributed by atoms with Crippen molar-refractivity contribution in [2.24, 2.45) is 4.99 Å². The Morgan fingerprint density at radius 3 is 2.13 bits per heavy atom. The van der Waals surface area contributed by atoms with Crippen LogP contribution >= 0.6 is 34.8 Å². The molecular weight excluding hydrogens is 379 g/mol. The average Bonchev–Trinajstić information content (AvgIpc) is 2.53. The van der Waals surface area contributed by atoms with E-state index in [1.807, 2.05) is 11.8 Å². The Morgan fingerprint density at radius 2 is 1.61 bits per heavy atom. The van der Waals surface area contributed by atoms with E-state index >= 15 is 0 Å². The maximum absolute atomic E-state index is 12.7. The third kappa shape index (κ3) is 4.63. The molecule has 1 fully saturated rings. The van der Waals surface area contributed by atoms with Gasteiger partial charge in [-0.05, 0) is 49.9 Å². The summed E-state index contributed by atoms with van der Waals surface area (Å²) in [5.74, 6) is 0. The third-order valence-electron chi connectivity index (χ3n) is 3.56. The van der Waals surface area contributed by atoms with Gasteiger partial charge in [0.05, 0.1) is 4.90 Å². The largest absolute Gasteiger partial charge is 0.347 e. The van der Waals surface area contributed by atoms with E-state index < -0.39 is 19.4 Å². The van der Waals surface area contributed by atoms with Crippen molar-refractivity contribution in [3.63, 3.8) is 0 Å². The number of nitrogens with zero attached hydrogens (tertiary/aromatic N) is 2. The van der Waals surface area contributed by atoms with E-state index in [4.69, 9.17) is 34.8 Å². The Morgan fingerprint density at radius 1 is 1.04 bits per heavy atom. The number of aliphatic imine (C=N–C) groups is 1. The maximum atomic E-state index is 12.7. The molecule has 0 unspecified atom stereocenters. The summed E-state index contributed by atoms with van der Waals surface area (Å²) >= 11 is 17.7. The molecule has 0 amide bonds. The van der Waals surface area contributed by atoms with E-state index in [0.717, 1.165) is 37.9 Å². The highest BCUT2D eigenvalue weighted by atomic mass is 35.5. The molecule has 1 heterocycles. The lowest BCUT2D eigenvalue weighted by Gasteiger charge is -2.26. The molecule has 1 aromatic carbocycles. The average molecular weight is 396 g/mol. The van der Waals surface area contributed by atoms with Crippen LogP contribution in [0.4, 0.5) is 0 Å². The Kier molecular flexibility index (Phi) is 6.37. The molecule has 126 valence electrons. The zero-order valence-corrected chi connectivity index (χ0v) is 15.7. The Bertz CT molecular complexity index is 718. The molecule has 1 aromatic rings. The molecule has 0 spiro atoms. The fourth-order valence-electron chi connectivity index (χ4n) is 2.27. The van der Waals surface area contributed by atoms with Crippen LogP contribution < -0.4 is 0 Å². The van der Waals surface area contributed by atoms with Crippen LogP contribution in [0.2, 0.25) is 0 Å². The highest BCUT2D eigenvalue weighted by molar-refractivity contribution is 7.95. The number of likely N-dealkylation sites (tertiary alicyclic amines) is 1. The number of amidine groups is 1. The molecule has 0 N–H and O–H groups in total. The molecule has 2 rings (SSSR count). The first kappa shape index (κ1) is 18.6. The third-order valence-corrected chi connectivity index (χ3v) is 6.16. The monoisotopic (exact) mass is 394 g/mol. The van der Waals surface area contributed by atoms with Gasteiger partial charge in [-0.15, -0.1) is 0 Å². The number of rotatable bonds is 3. The topological polar surface area (TPSA) is 49.7 Å². The van der Waals surface area contributed by atoms with Gasteiger partial charge in [0.2, 0.25) is 9.84 Å². The van der Waals surface area contributed by atoms with Gasteiger partial charge in [-0.25, -0.2) is 13.4 Å². The van der Waals surface area contributed by atoms with Crippen LogP contribution in [0.1, 0.15) is 24.8 Å². The molecule has 4 nitrogen and oxygen atoms in total. The highest BCUT2D eigenvalue weighted by Crippen LogP contribution is 2.28. The van der Waals surface area contributed by atoms with Crippen molar-refractivity contribution in [2.45, 2.75) is 31.1 Å². The number of hydrogen-bond acceptors (Lipinski definition) is 3. The van der Waals surface area contributed by atoms with Crippen LogP contribution in [-0.2, 0) is 9.84 Å². The van der Waals surface area contributed by atoms with Crippen molar-refractivity contribution in [1.82, 2.24) is 4.90 Å². The number of piperidine rings is 1. The van der Waals surface area contributed by atoms with Crippen molar-refractivity contribution in [3.05, 3.63) is 39.3 Å². The lowest BCUT2D eigenvalue weighted by molar-refractivity contribution is 0.347. The fourth-order valence-corrected chi connectivity index (χ4v) is 4.39. The van der Waals surface area contributed by atoms with E-state index in [1.54, 1.807) is 12.1 Å². The molecule has 23 heavy (non-hydrogen) atoms. The summed E-state index contributed by atoms with van der Waals surface area (Å²) in [5, 5.41) is -0.338. The van der Waals surface area contributed by atoms with Gasteiger partial charge >= 0.3 is 0 Å². The Balaban J connectivity index is 2.38. The minimum absolute atomic E-state index is 0.0729. The summed E-state index contributed by atoms with van der Waals surface area (Å²) in [6.45, 7) is 3.34. The Hall–Kier alpha value is -0.750. The zero-order valence-electron chi connectivity index (χ0n) is 12.6. The van der Waals surface area contributed by atoms with Gasteiger partial charge in [0, 0.05) is 13.1 Å². The molecule has 0 aliphatic carbocycles. The molecule has 1 aliphatic heterocycles. The first-order valence-electron chi connectivity index (χ1n) is 7.18. The molecule has 1 saturated heterocycles. The Labute approximate surface area is 151 Å². The van der Waals surface area contributed by atoms with Crippen molar-refractivity contribution in [2.75, 3.05) is 13.1 Å². The van der Waals surface area contributed by atoms with Crippen molar-refractivity contribution in [1.29, 1.82) is 0 Å². The molecule has 0 aromatic heterocycles. The predicted molar refractivity (Wildman–Crippen MR) is 95.8 cm³/mol. The van der Waals surface area contributed by atoms with Gasteiger partial charge < -0.3 is 4.90 Å². The van der Waals surface area contributed by atoms with E-state index in [2.05, 4.69) is 4.99 Å². The van der Waals surface area contributed by atoms with E-state index in [0.29, 0.717) is 0 Å². The van der Waals surface area contributed by atoms with Gasteiger partial charge in [-0.2, -0.15) is 0 Å². The van der Waals surface area contributed by atoms with Gasteiger partial charge in [0.1, 0.15) is 4.49 Å². The molecule has 0 atom stereocenters. The molecule has 8 heteroatoms. The summed E-state index contributed by atoms with van der Waals surface area (Å²) in [5.41, 5.74) is 0.946. The van der Waals surface area contributed by atoms with Gasteiger partial charge in [0.25, 0.3) is 0 Å². The SMILES string of the molecule is Cc1ccc(S(=O)(=O)C(N=C(Cl)N2CCCCC2)=C(Cl)Cl)cc1. The summed E-state index contributed by atoms with van der Waals surface area (Å²) in [4.78, 5) is 5.90. The van der Waals surface area contributed by atoms with Gasteiger partial charge in [-0.1, -0.05) is 40.9 Å². The van der Waals surface area contributed by atoms with Crippen LogP contribution in [0.25, 0.3) is 0 Å². The number of aryl methyl sites for hydroxylation is 1. The normalized spacial score (nSPS) is 16.3. The van der Waals surface area contributed by atoms with Crippen LogP contribution in [0, 0.1) is 6.92 Å². The second-order valence-electron chi connectivity index (χ2n) is 5.31. The number of halogens is 3. The number of sulfone groups is 1. The van der Waals surface area contributed by atoms with Crippen molar-refractivity contribution >= 4 is 49.9 Å². The maximum Gasteiger partial charge on any atom is 0.226 e. The summed E-state index contributed by atoms with van der Waals surface area (Å²) in [7, 11) is -3.93. The standard InChI is InChI=1S/C15H17Cl3N2O2S/c1-11-5-7-12(8-6-11)23(21,22)14(13(16)17)19-15(18)20-9-3-2-4-10-20/h5-8H,2-4,9-10H2,1H3. The van der Waals surface area contributed by atoms with E-state index in [1.165, 1.54) is 12.1 Å². The lowest BCUT2D eigenvalue weighted by atomic mass is 10.1. The summed E-state index contributed by atoms with van der Waals surface area (Å²) in [6, 6.07) is 6.38. The minimum atomic E-state index is -3.93. The smallest absolute Gasteiger partial charge is 0.226 e.